The van der Waals surface area contributed by atoms with Gasteiger partial charge in [-0.25, -0.2) is 0 Å². The van der Waals surface area contributed by atoms with Gasteiger partial charge in [0.1, 0.15) is 0 Å². The molecule has 3 rings (SSSR count). The molecule has 2 atom stereocenters. The molecule has 0 amide bonds. The topological polar surface area (TPSA) is 39.1 Å². The van der Waals surface area contributed by atoms with Crippen LogP contribution in [0.15, 0.2) is 12.4 Å². The molecule has 4 nitrogen and oxygen atoms in total. The van der Waals surface area contributed by atoms with E-state index < -0.39 is 0 Å². The van der Waals surface area contributed by atoms with Crippen molar-refractivity contribution in [1.29, 1.82) is 0 Å². The van der Waals surface area contributed by atoms with Crippen molar-refractivity contribution in [2.45, 2.75) is 31.9 Å². The number of thioether (sulfide) groups is 1. The van der Waals surface area contributed by atoms with Crippen LogP contribution >= 0.6 is 11.8 Å². The van der Waals surface area contributed by atoms with Crippen molar-refractivity contribution in [2.24, 2.45) is 5.92 Å². The highest BCUT2D eigenvalue weighted by molar-refractivity contribution is 7.99. The van der Waals surface area contributed by atoms with Gasteiger partial charge >= 0.3 is 0 Å². The molecule has 2 aliphatic rings. The van der Waals surface area contributed by atoms with Gasteiger partial charge in [-0.2, -0.15) is 16.9 Å². The summed E-state index contributed by atoms with van der Waals surface area (Å²) >= 11 is 2.07. The average molecular weight is 267 g/mol. The number of ether oxygens (including phenoxy) is 1. The van der Waals surface area contributed by atoms with Crippen molar-refractivity contribution in [1.82, 2.24) is 9.78 Å². The molecule has 5 heteroatoms. The molecule has 1 N–H and O–H groups in total. The molecule has 0 bridgehead atoms. The summed E-state index contributed by atoms with van der Waals surface area (Å²) < 4.78 is 7.63. The first-order valence-corrected chi connectivity index (χ1v) is 8.01. The summed E-state index contributed by atoms with van der Waals surface area (Å²) in [5, 5.41) is 7.89. The predicted octanol–water partition coefficient (Wildman–Crippen LogP) is 2.23. The minimum Gasteiger partial charge on any atom is -0.382 e. The summed E-state index contributed by atoms with van der Waals surface area (Å²) in [4.78, 5) is 0. The van der Waals surface area contributed by atoms with E-state index in [-0.39, 0.29) is 0 Å². The maximum atomic E-state index is 5.62. The Morgan fingerprint density at radius 2 is 2.50 bits per heavy atom. The number of hydrogen-bond acceptors (Lipinski definition) is 4. The van der Waals surface area contributed by atoms with Crippen molar-refractivity contribution in [3.8, 4) is 0 Å². The largest absolute Gasteiger partial charge is 0.382 e. The zero-order chi connectivity index (χ0) is 12.2. The van der Waals surface area contributed by atoms with Crippen LogP contribution in [0.2, 0.25) is 0 Å². The Labute approximate surface area is 112 Å². The third kappa shape index (κ3) is 3.20. The molecule has 1 aromatic heterocycles. The Morgan fingerprint density at radius 3 is 3.28 bits per heavy atom. The van der Waals surface area contributed by atoms with Crippen LogP contribution in [0.4, 0.5) is 5.69 Å². The lowest BCUT2D eigenvalue weighted by Crippen LogP contribution is -2.15. The average Bonchev–Trinajstić information content (AvgIpc) is 3.09. The molecule has 0 radical (unpaired) electrons. The maximum absolute atomic E-state index is 5.62. The standard InChI is InChI=1S/C13H21N3OS/c1-2-13(17-4-1)9-16-8-12(7-15-16)14-6-11-3-5-18-10-11/h7-8,11,13-14H,1-6,9-10H2. The monoisotopic (exact) mass is 267 g/mol. The Kier molecular flexibility index (Phi) is 4.10. The lowest BCUT2D eigenvalue weighted by molar-refractivity contribution is 0.0940. The first-order valence-electron chi connectivity index (χ1n) is 6.86. The second-order valence-corrected chi connectivity index (χ2v) is 6.35. The molecule has 1 aromatic rings. The minimum atomic E-state index is 0.365. The molecule has 0 aliphatic carbocycles. The number of hydrogen-bond donors (Lipinski definition) is 1. The number of nitrogens with one attached hydrogen (secondary N) is 1. The molecule has 2 aliphatic heterocycles. The fraction of sp³-hybridized carbons (Fsp3) is 0.769. The fourth-order valence-electron chi connectivity index (χ4n) is 2.56. The van der Waals surface area contributed by atoms with E-state index in [1.165, 1.54) is 30.8 Å². The highest BCUT2D eigenvalue weighted by atomic mass is 32.2. The number of anilines is 1. The fourth-order valence-corrected chi connectivity index (χ4v) is 3.84. The normalized spacial score (nSPS) is 27.8. The Hall–Kier alpha value is -0.680. The van der Waals surface area contributed by atoms with Gasteiger partial charge in [0.15, 0.2) is 0 Å². The van der Waals surface area contributed by atoms with Gasteiger partial charge in [0, 0.05) is 19.3 Å². The minimum absolute atomic E-state index is 0.365. The Bertz CT molecular complexity index is 370. The van der Waals surface area contributed by atoms with Gasteiger partial charge in [-0.3, -0.25) is 4.68 Å². The Morgan fingerprint density at radius 1 is 1.50 bits per heavy atom. The highest BCUT2D eigenvalue weighted by Gasteiger charge is 2.17. The van der Waals surface area contributed by atoms with E-state index in [0.717, 1.165) is 31.3 Å². The van der Waals surface area contributed by atoms with Crippen LogP contribution in [-0.4, -0.2) is 40.5 Å². The molecule has 0 aromatic carbocycles. The van der Waals surface area contributed by atoms with Gasteiger partial charge in [-0.05, 0) is 36.7 Å². The summed E-state index contributed by atoms with van der Waals surface area (Å²) in [7, 11) is 0. The van der Waals surface area contributed by atoms with Crippen LogP contribution in [-0.2, 0) is 11.3 Å². The summed E-state index contributed by atoms with van der Waals surface area (Å²) in [6.07, 6.45) is 8.10. The predicted molar refractivity (Wildman–Crippen MR) is 75.1 cm³/mol. The molecule has 2 fully saturated rings. The zero-order valence-corrected chi connectivity index (χ0v) is 11.5. The molecule has 3 heterocycles. The van der Waals surface area contributed by atoms with Crippen LogP contribution < -0.4 is 5.32 Å². The van der Waals surface area contributed by atoms with Crippen LogP contribution in [0, 0.1) is 5.92 Å². The van der Waals surface area contributed by atoms with E-state index in [0.29, 0.717) is 6.10 Å². The summed E-state index contributed by atoms with van der Waals surface area (Å²) in [6.45, 7) is 2.88. The van der Waals surface area contributed by atoms with E-state index >= 15 is 0 Å². The molecule has 2 saturated heterocycles. The molecular formula is C13H21N3OS. The van der Waals surface area contributed by atoms with Gasteiger partial charge in [0.25, 0.3) is 0 Å². The van der Waals surface area contributed by atoms with E-state index in [4.69, 9.17) is 4.74 Å². The van der Waals surface area contributed by atoms with E-state index in [1.807, 2.05) is 10.9 Å². The smallest absolute Gasteiger partial charge is 0.0771 e. The van der Waals surface area contributed by atoms with Crippen LogP contribution in [0.3, 0.4) is 0 Å². The molecule has 0 spiro atoms. The second-order valence-electron chi connectivity index (χ2n) is 5.20. The molecular weight excluding hydrogens is 246 g/mol. The summed E-state index contributed by atoms with van der Waals surface area (Å²) in [5.41, 5.74) is 1.14. The first-order chi connectivity index (χ1) is 8.90. The van der Waals surface area contributed by atoms with Crippen molar-refractivity contribution in [3.63, 3.8) is 0 Å². The molecule has 2 unspecified atom stereocenters. The van der Waals surface area contributed by atoms with Gasteiger partial charge < -0.3 is 10.1 Å². The SMILES string of the molecule is c1nn(CC2CCCO2)cc1NCC1CCSC1. The molecule has 0 saturated carbocycles. The lowest BCUT2D eigenvalue weighted by atomic mass is 10.1. The van der Waals surface area contributed by atoms with Crippen molar-refractivity contribution >= 4 is 17.4 Å². The second kappa shape index (κ2) is 5.97. The zero-order valence-electron chi connectivity index (χ0n) is 10.7. The van der Waals surface area contributed by atoms with Crippen LogP contribution in [0.5, 0.6) is 0 Å². The van der Waals surface area contributed by atoms with E-state index in [1.54, 1.807) is 0 Å². The number of nitrogens with zero attached hydrogens (tertiary/aromatic N) is 2. The van der Waals surface area contributed by atoms with Crippen molar-refractivity contribution in [2.75, 3.05) is 30.0 Å². The molecule has 18 heavy (non-hydrogen) atoms. The van der Waals surface area contributed by atoms with E-state index in [9.17, 15) is 0 Å². The third-order valence-corrected chi connectivity index (χ3v) is 4.90. The van der Waals surface area contributed by atoms with Gasteiger partial charge in [-0.15, -0.1) is 0 Å². The Balaban J connectivity index is 1.46. The van der Waals surface area contributed by atoms with Gasteiger partial charge in [0.05, 0.1) is 24.5 Å². The highest BCUT2D eigenvalue weighted by Crippen LogP contribution is 2.23. The van der Waals surface area contributed by atoms with Crippen molar-refractivity contribution < 1.29 is 4.74 Å². The quantitative estimate of drug-likeness (QED) is 0.888. The molecule has 100 valence electrons. The number of aromatic nitrogens is 2. The van der Waals surface area contributed by atoms with Crippen molar-refractivity contribution in [3.05, 3.63) is 12.4 Å². The van der Waals surface area contributed by atoms with Gasteiger partial charge in [0.2, 0.25) is 0 Å². The lowest BCUT2D eigenvalue weighted by Gasteiger charge is -2.10. The van der Waals surface area contributed by atoms with E-state index in [2.05, 4.69) is 28.4 Å². The summed E-state index contributed by atoms with van der Waals surface area (Å²) in [5.74, 6) is 3.46. The van der Waals surface area contributed by atoms with Crippen LogP contribution in [0.25, 0.3) is 0 Å². The van der Waals surface area contributed by atoms with Crippen LogP contribution in [0.1, 0.15) is 19.3 Å². The summed E-state index contributed by atoms with van der Waals surface area (Å²) in [6, 6.07) is 0. The van der Waals surface area contributed by atoms with Gasteiger partial charge in [-0.1, -0.05) is 0 Å². The maximum Gasteiger partial charge on any atom is 0.0771 e. The number of rotatable bonds is 5. The third-order valence-electron chi connectivity index (χ3n) is 3.67. The first kappa shape index (κ1) is 12.4.